The first-order valence-electron chi connectivity index (χ1n) is 9.42. The Bertz CT molecular complexity index is 762. The summed E-state index contributed by atoms with van der Waals surface area (Å²) in [6.45, 7) is 3.80. The Morgan fingerprint density at radius 1 is 1.28 bits per heavy atom. The number of likely N-dealkylation sites (tertiary alicyclic amines) is 1. The molecule has 1 saturated carbocycles. The van der Waals surface area contributed by atoms with Crippen molar-refractivity contribution < 1.29 is 4.74 Å². The van der Waals surface area contributed by atoms with Gasteiger partial charge in [-0.05, 0) is 55.7 Å². The highest BCUT2D eigenvalue weighted by atomic mass is 16.5. The van der Waals surface area contributed by atoms with Crippen molar-refractivity contribution in [2.24, 2.45) is 5.41 Å². The summed E-state index contributed by atoms with van der Waals surface area (Å²) in [6.07, 6.45) is 13.1. The lowest BCUT2D eigenvalue weighted by Gasteiger charge is -2.56. The third kappa shape index (κ3) is 2.51. The Balaban J connectivity index is 1.30. The molecule has 130 valence electrons. The molecule has 1 N–H and O–H groups in total. The van der Waals surface area contributed by atoms with Crippen LogP contribution >= 0.6 is 0 Å². The number of aromatic nitrogens is 1. The van der Waals surface area contributed by atoms with Crippen LogP contribution < -0.4 is 10.1 Å². The summed E-state index contributed by atoms with van der Waals surface area (Å²) in [6, 6.07) is 2.25. The molecule has 0 amide bonds. The first-order valence-corrected chi connectivity index (χ1v) is 9.42. The maximum absolute atomic E-state index is 9.04. The van der Waals surface area contributed by atoms with Crippen LogP contribution in [0.25, 0.3) is 5.57 Å². The topological polar surface area (TPSA) is 61.2 Å². The van der Waals surface area contributed by atoms with Crippen molar-refractivity contribution in [3.63, 3.8) is 0 Å². The Morgan fingerprint density at radius 2 is 2.12 bits per heavy atom. The molecule has 2 spiro atoms. The summed E-state index contributed by atoms with van der Waals surface area (Å²) in [7, 11) is 0. The third-order valence-corrected chi connectivity index (χ3v) is 6.54. The highest BCUT2D eigenvalue weighted by Crippen LogP contribution is 2.60. The van der Waals surface area contributed by atoms with Gasteiger partial charge >= 0.3 is 0 Å². The zero-order valence-electron chi connectivity index (χ0n) is 14.6. The number of rotatable bonds is 1. The van der Waals surface area contributed by atoms with Crippen LogP contribution in [-0.4, -0.2) is 41.7 Å². The van der Waals surface area contributed by atoms with E-state index in [2.05, 4.69) is 28.6 Å². The zero-order valence-corrected chi connectivity index (χ0v) is 14.6. The van der Waals surface area contributed by atoms with Gasteiger partial charge in [0, 0.05) is 31.6 Å². The van der Waals surface area contributed by atoms with Gasteiger partial charge in [-0.15, -0.1) is 0 Å². The SMILES string of the molecule is N#CN1CCC2(CC1)CC1(Cc3cc(C4=CCNCC4)ncc3O1)C2. The molecule has 1 aromatic heterocycles. The monoisotopic (exact) mass is 336 g/mol. The second kappa shape index (κ2) is 5.47. The maximum Gasteiger partial charge on any atom is 0.179 e. The van der Waals surface area contributed by atoms with Crippen molar-refractivity contribution in [3.05, 3.63) is 29.6 Å². The number of nitrogens with zero attached hydrogens (tertiary/aromatic N) is 3. The number of nitrogens with one attached hydrogen (secondary N) is 1. The zero-order chi connectivity index (χ0) is 16.9. The van der Waals surface area contributed by atoms with Crippen molar-refractivity contribution in [2.45, 2.75) is 44.1 Å². The van der Waals surface area contributed by atoms with E-state index in [0.717, 1.165) is 76.1 Å². The van der Waals surface area contributed by atoms with Gasteiger partial charge in [0.05, 0.1) is 11.9 Å². The van der Waals surface area contributed by atoms with E-state index in [-0.39, 0.29) is 5.60 Å². The molecule has 5 heteroatoms. The van der Waals surface area contributed by atoms with Gasteiger partial charge < -0.3 is 15.0 Å². The predicted molar refractivity (Wildman–Crippen MR) is 94.9 cm³/mol. The van der Waals surface area contributed by atoms with E-state index in [9.17, 15) is 0 Å². The van der Waals surface area contributed by atoms with Crippen molar-refractivity contribution >= 4 is 5.57 Å². The first-order chi connectivity index (χ1) is 12.2. The Morgan fingerprint density at radius 3 is 2.84 bits per heavy atom. The van der Waals surface area contributed by atoms with E-state index in [4.69, 9.17) is 10.00 Å². The van der Waals surface area contributed by atoms with Crippen LogP contribution in [0, 0.1) is 16.9 Å². The van der Waals surface area contributed by atoms with E-state index < -0.39 is 0 Å². The van der Waals surface area contributed by atoms with Crippen molar-refractivity contribution in [1.29, 1.82) is 5.26 Å². The fraction of sp³-hybridized carbons (Fsp3) is 0.600. The summed E-state index contributed by atoms with van der Waals surface area (Å²) in [4.78, 5) is 6.55. The molecule has 4 aliphatic rings. The molecule has 25 heavy (non-hydrogen) atoms. The summed E-state index contributed by atoms with van der Waals surface area (Å²) < 4.78 is 6.38. The van der Waals surface area contributed by atoms with Gasteiger partial charge in [0.1, 0.15) is 11.4 Å². The van der Waals surface area contributed by atoms with Gasteiger partial charge in [-0.1, -0.05) is 6.08 Å². The third-order valence-electron chi connectivity index (χ3n) is 6.54. The lowest BCUT2D eigenvalue weighted by atomic mass is 9.54. The van der Waals surface area contributed by atoms with Gasteiger partial charge in [0.15, 0.2) is 6.19 Å². The lowest BCUT2D eigenvalue weighted by Crippen LogP contribution is -2.58. The Labute approximate surface area is 148 Å². The molecule has 0 bridgehead atoms. The summed E-state index contributed by atoms with van der Waals surface area (Å²) in [5.41, 5.74) is 4.21. The molecule has 1 aromatic rings. The normalized spacial score (nSPS) is 25.7. The van der Waals surface area contributed by atoms with Crippen LogP contribution in [-0.2, 0) is 6.42 Å². The van der Waals surface area contributed by atoms with Crippen LogP contribution in [0.4, 0.5) is 0 Å². The van der Waals surface area contributed by atoms with Gasteiger partial charge in [0.25, 0.3) is 0 Å². The molecule has 0 aromatic carbocycles. The van der Waals surface area contributed by atoms with E-state index in [0.29, 0.717) is 5.41 Å². The van der Waals surface area contributed by atoms with E-state index in [1.807, 2.05) is 11.1 Å². The summed E-state index contributed by atoms with van der Waals surface area (Å²) >= 11 is 0. The summed E-state index contributed by atoms with van der Waals surface area (Å²) in [5.74, 6) is 0.989. The fourth-order valence-corrected chi connectivity index (χ4v) is 5.31. The molecule has 3 aliphatic heterocycles. The predicted octanol–water partition coefficient (Wildman–Crippen LogP) is 2.49. The number of piperidine rings is 1. The van der Waals surface area contributed by atoms with E-state index in [1.54, 1.807) is 0 Å². The molecule has 0 atom stereocenters. The standard InChI is InChI=1S/C20H24N4O/c21-14-24-7-3-19(4-8-24)12-20(13-19)10-16-9-17(23-11-18(16)25-20)15-1-5-22-6-2-15/h1,9,11,22H,2-8,10,12-13H2. The molecule has 1 aliphatic carbocycles. The molecule has 5 rings (SSSR count). The molecule has 0 radical (unpaired) electrons. The van der Waals surface area contributed by atoms with Crippen LogP contribution in [0.5, 0.6) is 5.75 Å². The highest BCUT2D eigenvalue weighted by Gasteiger charge is 2.59. The van der Waals surface area contributed by atoms with Gasteiger partial charge in [-0.3, -0.25) is 4.98 Å². The van der Waals surface area contributed by atoms with Crippen LogP contribution in [0.15, 0.2) is 18.3 Å². The molecule has 1 saturated heterocycles. The number of pyridine rings is 1. The Hall–Kier alpha value is -2.06. The number of hydrogen-bond acceptors (Lipinski definition) is 5. The maximum atomic E-state index is 9.04. The van der Waals surface area contributed by atoms with Crippen LogP contribution in [0.1, 0.15) is 43.4 Å². The number of fused-ring (bicyclic) bond motifs is 1. The van der Waals surface area contributed by atoms with Crippen LogP contribution in [0.2, 0.25) is 0 Å². The fourth-order valence-electron chi connectivity index (χ4n) is 5.31. The minimum atomic E-state index is -0.0000484. The van der Waals surface area contributed by atoms with Crippen LogP contribution in [0.3, 0.4) is 0 Å². The molecule has 2 fully saturated rings. The van der Waals surface area contributed by atoms with Gasteiger partial charge in [-0.2, -0.15) is 5.26 Å². The molecule has 5 nitrogen and oxygen atoms in total. The van der Waals surface area contributed by atoms with Gasteiger partial charge in [0.2, 0.25) is 0 Å². The number of hydrogen-bond donors (Lipinski definition) is 1. The minimum Gasteiger partial charge on any atom is -0.485 e. The molecule has 0 unspecified atom stereocenters. The molecular formula is C20H24N4O. The van der Waals surface area contributed by atoms with E-state index >= 15 is 0 Å². The average Bonchev–Trinajstić information content (AvgIpc) is 3.00. The lowest BCUT2D eigenvalue weighted by molar-refractivity contribution is -0.116. The smallest absolute Gasteiger partial charge is 0.179 e. The van der Waals surface area contributed by atoms with Crippen molar-refractivity contribution in [3.8, 4) is 11.9 Å². The molecule has 4 heterocycles. The Kier molecular flexibility index (Phi) is 3.33. The highest BCUT2D eigenvalue weighted by molar-refractivity contribution is 5.65. The van der Waals surface area contributed by atoms with Gasteiger partial charge in [-0.25, -0.2) is 0 Å². The minimum absolute atomic E-state index is 0.0000484. The van der Waals surface area contributed by atoms with Crippen molar-refractivity contribution in [2.75, 3.05) is 26.2 Å². The quantitative estimate of drug-likeness (QED) is 0.799. The average molecular weight is 336 g/mol. The second-order valence-electron chi connectivity index (χ2n) is 8.26. The number of nitriles is 1. The largest absolute Gasteiger partial charge is 0.485 e. The van der Waals surface area contributed by atoms with Crippen molar-refractivity contribution in [1.82, 2.24) is 15.2 Å². The summed E-state index contributed by atoms with van der Waals surface area (Å²) in [5, 5.41) is 12.4. The molecular weight excluding hydrogens is 312 g/mol. The number of ether oxygens (including phenoxy) is 1. The second-order valence-corrected chi connectivity index (χ2v) is 8.26. The first kappa shape index (κ1) is 15.2. The van der Waals surface area contributed by atoms with E-state index in [1.165, 1.54) is 11.1 Å².